The molecule has 0 radical (unpaired) electrons. The maximum Gasteiger partial charge on any atom is 0.246 e. The van der Waals surface area contributed by atoms with Crippen LogP contribution < -0.4 is 5.32 Å². The van der Waals surface area contributed by atoms with Gasteiger partial charge in [-0.1, -0.05) is 42.4 Å². The fourth-order valence-electron chi connectivity index (χ4n) is 3.52. The molecular formula is C21H22ClN3OS. The van der Waals surface area contributed by atoms with E-state index in [4.69, 9.17) is 17.0 Å². The van der Waals surface area contributed by atoms with Crippen LogP contribution in [0, 0.1) is 5.41 Å². The highest BCUT2D eigenvalue weighted by Gasteiger charge is 2.31. The van der Waals surface area contributed by atoms with Gasteiger partial charge in [0.25, 0.3) is 0 Å². The number of carbonyl (C=O) groups is 1. The summed E-state index contributed by atoms with van der Waals surface area (Å²) in [6, 6.07) is 10.1. The van der Waals surface area contributed by atoms with Crippen molar-refractivity contribution in [2.75, 3.05) is 13.6 Å². The van der Waals surface area contributed by atoms with Crippen molar-refractivity contribution >= 4 is 40.6 Å². The lowest BCUT2D eigenvalue weighted by molar-refractivity contribution is -0.127. The Bertz CT molecular complexity index is 931. The van der Waals surface area contributed by atoms with Crippen LogP contribution in [0.15, 0.2) is 48.7 Å². The van der Waals surface area contributed by atoms with Gasteiger partial charge in [-0.25, -0.2) is 0 Å². The van der Waals surface area contributed by atoms with Gasteiger partial charge < -0.3 is 15.6 Å². The van der Waals surface area contributed by atoms with E-state index >= 15 is 0 Å². The number of benzene rings is 1. The molecule has 0 unspecified atom stereocenters. The van der Waals surface area contributed by atoms with Crippen LogP contribution in [-0.2, 0) is 11.3 Å². The summed E-state index contributed by atoms with van der Waals surface area (Å²) in [5.74, 6) is -0.0842. The van der Waals surface area contributed by atoms with Crippen LogP contribution in [0.25, 0.3) is 5.57 Å². The Hall–Kier alpha value is -2.37. The van der Waals surface area contributed by atoms with Gasteiger partial charge in [0.05, 0.1) is 10.9 Å². The summed E-state index contributed by atoms with van der Waals surface area (Å²) >= 11 is 7.83. The van der Waals surface area contributed by atoms with Gasteiger partial charge in [-0.15, -0.1) is 11.3 Å². The SMILES string of the molecule is C=CC(=O)N1Cc2sc(Cl)cc2[C@@H](c2ccccc2/C(C=N)=C(\C)NC)C1. The molecule has 0 saturated carbocycles. The highest BCUT2D eigenvalue weighted by atomic mass is 35.5. The summed E-state index contributed by atoms with van der Waals surface area (Å²) in [4.78, 5) is 15.2. The molecule has 0 bridgehead atoms. The zero-order valence-electron chi connectivity index (χ0n) is 15.4. The first-order chi connectivity index (χ1) is 13.0. The fraction of sp³-hybridized carbons (Fsp3) is 0.238. The molecule has 3 rings (SSSR count). The lowest BCUT2D eigenvalue weighted by atomic mass is 9.83. The molecule has 1 aliphatic rings. The molecule has 2 aromatic rings. The van der Waals surface area contributed by atoms with Gasteiger partial charge in [0.2, 0.25) is 5.91 Å². The smallest absolute Gasteiger partial charge is 0.246 e. The Morgan fingerprint density at radius 1 is 1.41 bits per heavy atom. The molecule has 1 aromatic carbocycles. The molecule has 6 heteroatoms. The van der Waals surface area contributed by atoms with Crippen molar-refractivity contribution in [1.82, 2.24) is 10.2 Å². The molecular weight excluding hydrogens is 378 g/mol. The van der Waals surface area contributed by atoms with Crippen molar-refractivity contribution in [1.29, 1.82) is 5.41 Å². The number of allylic oxidation sites excluding steroid dienone is 2. The molecule has 0 saturated heterocycles. The van der Waals surface area contributed by atoms with Crippen molar-refractivity contribution in [3.8, 4) is 0 Å². The summed E-state index contributed by atoms with van der Waals surface area (Å²) in [6.07, 6.45) is 2.74. The third-order valence-corrected chi connectivity index (χ3v) is 6.23. The minimum atomic E-state index is -0.0816. The number of hydrogen-bond acceptors (Lipinski definition) is 4. The molecule has 1 amide bonds. The average molecular weight is 400 g/mol. The minimum Gasteiger partial charge on any atom is -0.391 e. The molecule has 1 aromatic heterocycles. The fourth-order valence-corrected chi connectivity index (χ4v) is 4.87. The van der Waals surface area contributed by atoms with Crippen molar-refractivity contribution < 1.29 is 4.79 Å². The highest BCUT2D eigenvalue weighted by molar-refractivity contribution is 7.16. The summed E-state index contributed by atoms with van der Waals surface area (Å²) in [6.45, 7) is 6.70. The molecule has 0 fully saturated rings. The molecule has 0 spiro atoms. The first-order valence-corrected chi connectivity index (χ1v) is 9.87. The standard InChI is InChI=1S/C21H22ClN3OS/c1-4-21(26)25-11-18(16-9-20(22)27-19(16)12-25)15-8-6-5-7-14(15)17(10-23)13(2)24-3/h4-10,18,23-24H,1,11-12H2,2-3H3/b17-13+,23-10?/t18-/m1/s1. The van der Waals surface area contributed by atoms with Gasteiger partial charge in [-0.3, -0.25) is 4.79 Å². The van der Waals surface area contributed by atoms with Crippen LogP contribution in [0.5, 0.6) is 0 Å². The largest absolute Gasteiger partial charge is 0.391 e. The highest BCUT2D eigenvalue weighted by Crippen LogP contribution is 2.42. The predicted octanol–water partition coefficient (Wildman–Crippen LogP) is 4.66. The molecule has 140 valence electrons. The summed E-state index contributed by atoms with van der Waals surface area (Å²) in [7, 11) is 1.85. The normalized spacial score (nSPS) is 17.0. The number of fused-ring (bicyclic) bond motifs is 1. The van der Waals surface area contributed by atoms with E-state index < -0.39 is 0 Å². The number of hydrogen-bond donors (Lipinski definition) is 2. The van der Waals surface area contributed by atoms with Crippen molar-refractivity contribution in [2.45, 2.75) is 19.4 Å². The van der Waals surface area contributed by atoms with E-state index in [2.05, 4.69) is 18.0 Å². The van der Waals surface area contributed by atoms with Crippen LogP contribution >= 0.6 is 22.9 Å². The van der Waals surface area contributed by atoms with Crippen LogP contribution in [-0.4, -0.2) is 30.6 Å². The summed E-state index contributed by atoms with van der Waals surface area (Å²) < 4.78 is 0.726. The van der Waals surface area contributed by atoms with E-state index in [-0.39, 0.29) is 11.8 Å². The number of halogens is 1. The second-order valence-electron chi connectivity index (χ2n) is 6.42. The van der Waals surface area contributed by atoms with Gasteiger partial charge in [0.15, 0.2) is 0 Å². The van der Waals surface area contributed by atoms with E-state index in [1.807, 2.05) is 43.1 Å². The van der Waals surface area contributed by atoms with Crippen molar-refractivity contribution in [2.24, 2.45) is 0 Å². The topological polar surface area (TPSA) is 56.2 Å². The zero-order chi connectivity index (χ0) is 19.6. The van der Waals surface area contributed by atoms with Crippen molar-refractivity contribution in [3.05, 3.63) is 74.6 Å². The second kappa shape index (κ2) is 8.11. The third-order valence-electron chi connectivity index (χ3n) is 4.96. The maximum atomic E-state index is 12.3. The van der Waals surface area contributed by atoms with E-state index in [0.717, 1.165) is 37.2 Å². The molecule has 2 heterocycles. The molecule has 1 atom stereocenters. The van der Waals surface area contributed by atoms with E-state index in [1.54, 1.807) is 0 Å². The van der Waals surface area contributed by atoms with E-state index in [0.29, 0.717) is 13.1 Å². The van der Waals surface area contributed by atoms with Gasteiger partial charge in [0, 0.05) is 41.9 Å². The first kappa shape index (κ1) is 19.4. The maximum absolute atomic E-state index is 12.3. The lowest BCUT2D eigenvalue weighted by Gasteiger charge is -2.33. The Labute approximate surface area is 168 Å². The van der Waals surface area contributed by atoms with Crippen LogP contribution in [0.4, 0.5) is 0 Å². The van der Waals surface area contributed by atoms with E-state index in [9.17, 15) is 4.79 Å². The monoisotopic (exact) mass is 399 g/mol. The van der Waals surface area contributed by atoms with Gasteiger partial charge >= 0.3 is 0 Å². The van der Waals surface area contributed by atoms with Crippen LogP contribution in [0.1, 0.15) is 34.4 Å². The first-order valence-electron chi connectivity index (χ1n) is 8.68. The number of thiophene rings is 1. The Morgan fingerprint density at radius 2 is 2.15 bits per heavy atom. The Balaban J connectivity index is 2.17. The average Bonchev–Trinajstić information content (AvgIpc) is 3.07. The van der Waals surface area contributed by atoms with Crippen LogP contribution in [0.2, 0.25) is 4.34 Å². The number of amides is 1. The molecule has 2 N–H and O–H groups in total. The van der Waals surface area contributed by atoms with Crippen LogP contribution in [0.3, 0.4) is 0 Å². The molecule has 0 aliphatic carbocycles. The predicted molar refractivity (Wildman–Crippen MR) is 114 cm³/mol. The second-order valence-corrected chi connectivity index (χ2v) is 8.19. The lowest BCUT2D eigenvalue weighted by Crippen LogP contribution is -2.37. The quantitative estimate of drug-likeness (QED) is 0.567. The van der Waals surface area contributed by atoms with Gasteiger partial charge in [-0.2, -0.15) is 0 Å². The molecule has 4 nitrogen and oxygen atoms in total. The Kier molecular flexibility index (Phi) is 5.82. The molecule has 1 aliphatic heterocycles. The zero-order valence-corrected chi connectivity index (χ0v) is 17.0. The Morgan fingerprint density at radius 3 is 2.81 bits per heavy atom. The minimum absolute atomic E-state index is 0.00259. The number of rotatable bonds is 5. The van der Waals surface area contributed by atoms with E-state index in [1.165, 1.54) is 23.6 Å². The summed E-state index contributed by atoms with van der Waals surface area (Å²) in [5, 5.41) is 11.0. The van der Waals surface area contributed by atoms with Gasteiger partial charge in [-0.05, 0) is 35.8 Å². The third kappa shape index (κ3) is 3.70. The molecule has 27 heavy (non-hydrogen) atoms. The summed E-state index contributed by atoms with van der Waals surface area (Å²) in [5.41, 5.74) is 5.00. The number of carbonyl (C=O) groups excluding carboxylic acids is 1. The number of nitrogens with one attached hydrogen (secondary N) is 2. The van der Waals surface area contributed by atoms with Crippen molar-refractivity contribution in [3.63, 3.8) is 0 Å². The number of nitrogens with zero attached hydrogens (tertiary/aromatic N) is 1. The van der Waals surface area contributed by atoms with Gasteiger partial charge in [0.1, 0.15) is 0 Å².